The first-order chi connectivity index (χ1) is 6.84. The molecule has 0 saturated heterocycles. The highest BCUT2D eigenvalue weighted by Gasteiger charge is 1.96. The van der Waals surface area contributed by atoms with Gasteiger partial charge in [0.15, 0.2) is 0 Å². The summed E-state index contributed by atoms with van der Waals surface area (Å²) in [6.07, 6.45) is 1.11. The molecule has 0 aromatic heterocycles. The standard InChI is InChI=1S/C6H10O2.C5H8O2/c1-4-6(7)8-5(2)3;1-4(2)5(6)7-3/h4-5H,1H2,2-3H3;1H2,2-3H3. The average Bonchev–Trinajstić information content (AvgIpc) is 2.16. The molecule has 0 aromatic rings. The fourth-order valence-electron chi connectivity index (χ4n) is 0.455. The van der Waals surface area contributed by atoms with Gasteiger partial charge in [-0.25, -0.2) is 9.59 Å². The molecular weight excluding hydrogens is 196 g/mol. The first kappa shape index (κ1) is 15.9. The number of methoxy groups -OCH3 is 1. The molecule has 4 heteroatoms. The van der Waals surface area contributed by atoms with Gasteiger partial charge in [0.25, 0.3) is 0 Å². The molecule has 15 heavy (non-hydrogen) atoms. The van der Waals surface area contributed by atoms with Crippen LogP contribution in [0.1, 0.15) is 20.8 Å². The van der Waals surface area contributed by atoms with Crippen molar-refractivity contribution in [3.05, 3.63) is 24.8 Å². The maximum Gasteiger partial charge on any atom is 0.332 e. The van der Waals surface area contributed by atoms with Gasteiger partial charge in [-0.05, 0) is 20.8 Å². The number of carbonyl (C=O) groups excluding carboxylic acids is 2. The fourth-order valence-corrected chi connectivity index (χ4v) is 0.455. The number of hydrogen-bond acceptors (Lipinski definition) is 4. The Bertz CT molecular complexity index is 241. The van der Waals surface area contributed by atoms with Gasteiger partial charge in [-0.3, -0.25) is 0 Å². The number of rotatable bonds is 3. The van der Waals surface area contributed by atoms with Gasteiger partial charge in [0.1, 0.15) is 0 Å². The average molecular weight is 214 g/mol. The van der Waals surface area contributed by atoms with Gasteiger partial charge in [-0.1, -0.05) is 13.2 Å². The maximum atomic E-state index is 10.3. The Morgan fingerprint density at radius 1 is 1.33 bits per heavy atom. The zero-order chi connectivity index (χ0) is 12.4. The smallest absolute Gasteiger partial charge is 0.332 e. The second kappa shape index (κ2) is 8.99. The molecule has 0 saturated carbocycles. The summed E-state index contributed by atoms with van der Waals surface area (Å²) in [5.41, 5.74) is 0.433. The summed E-state index contributed by atoms with van der Waals surface area (Å²) >= 11 is 0. The molecule has 0 amide bonds. The van der Waals surface area contributed by atoms with E-state index in [4.69, 9.17) is 0 Å². The first-order valence-electron chi connectivity index (χ1n) is 4.42. The summed E-state index contributed by atoms with van der Waals surface area (Å²) < 4.78 is 8.92. The topological polar surface area (TPSA) is 52.6 Å². The second-order valence-corrected chi connectivity index (χ2v) is 2.96. The number of ether oxygens (including phenoxy) is 2. The molecule has 4 nitrogen and oxygen atoms in total. The van der Waals surface area contributed by atoms with E-state index < -0.39 is 0 Å². The van der Waals surface area contributed by atoms with Crippen LogP contribution in [0.4, 0.5) is 0 Å². The Morgan fingerprint density at radius 3 is 1.87 bits per heavy atom. The highest BCUT2D eigenvalue weighted by molar-refractivity contribution is 5.86. The highest BCUT2D eigenvalue weighted by Crippen LogP contribution is 1.87. The summed E-state index contributed by atoms with van der Waals surface area (Å²) in [5, 5.41) is 0. The lowest BCUT2D eigenvalue weighted by Crippen LogP contribution is -2.07. The number of esters is 2. The third-order valence-corrected chi connectivity index (χ3v) is 1.05. The van der Waals surface area contributed by atoms with Gasteiger partial charge in [-0.15, -0.1) is 0 Å². The first-order valence-corrected chi connectivity index (χ1v) is 4.42. The van der Waals surface area contributed by atoms with E-state index in [1.54, 1.807) is 20.8 Å². The summed E-state index contributed by atoms with van der Waals surface area (Å²) in [5.74, 6) is -0.708. The molecule has 0 heterocycles. The molecule has 86 valence electrons. The second-order valence-electron chi connectivity index (χ2n) is 2.96. The van der Waals surface area contributed by atoms with Crippen molar-refractivity contribution in [1.29, 1.82) is 0 Å². The molecule has 0 spiro atoms. The Labute approximate surface area is 90.6 Å². The van der Waals surface area contributed by atoms with Crippen molar-refractivity contribution in [1.82, 2.24) is 0 Å². The van der Waals surface area contributed by atoms with Crippen molar-refractivity contribution in [3.8, 4) is 0 Å². The maximum absolute atomic E-state index is 10.3. The molecule has 0 bridgehead atoms. The van der Waals surface area contributed by atoms with Gasteiger partial charge < -0.3 is 9.47 Å². The number of carbonyl (C=O) groups is 2. The molecule has 0 aliphatic rings. The SMILES string of the molecule is C=C(C)C(=O)OC.C=CC(=O)OC(C)C. The number of hydrogen-bond donors (Lipinski definition) is 0. The van der Waals surface area contributed by atoms with Gasteiger partial charge in [0.05, 0.1) is 13.2 Å². The molecule has 0 aliphatic carbocycles. The minimum absolute atomic E-state index is 0.0412. The van der Waals surface area contributed by atoms with Gasteiger partial charge in [-0.2, -0.15) is 0 Å². The Hall–Kier alpha value is -1.58. The lowest BCUT2D eigenvalue weighted by Gasteiger charge is -2.02. The largest absolute Gasteiger partial charge is 0.466 e. The molecule has 0 aromatic carbocycles. The van der Waals surface area contributed by atoms with Crippen molar-refractivity contribution >= 4 is 11.9 Å². The predicted octanol–water partition coefficient (Wildman–Crippen LogP) is 1.86. The Balaban J connectivity index is 0. The Morgan fingerprint density at radius 2 is 1.80 bits per heavy atom. The highest BCUT2D eigenvalue weighted by atomic mass is 16.5. The van der Waals surface area contributed by atoms with Crippen molar-refractivity contribution in [3.63, 3.8) is 0 Å². The van der Waals surface area contributed by atoms with E-state index in [9.17, 15) is 9.59 Å². The van der Waals surface area contributed by atoms with Crippen LogP contribution >= 0.6 is 0 Å². The summed E-state index contributed by atoms with van der Waals surface area (Å²) in [6.45, 7) is 11.8. The lowest BCUT2D eigenvalue weighted by molar-refractivity contribution is -0.141. The van der Waals surface area contributed by atoms with Crippen LogP contribution < -0.4 is 0 Å². The van der Waals surface area contributed by atoms with Crippen LogP contribution in [0.15, 0.2) is 24.8 Å². The zero-order valence-electron chi connectivity index (χ0n) is 9.70. The third-order valence-electron chi connectivity index (χ3n) is 1.05. The van der Waals surface area contributed by atoms with Crippen molar-refractivity contribution in [2.45, 2.75) is 26.9 Å². The molecule has 0 N–H and O–H groups in total. The van der Waals surface area contributed by atoms with Crippen LogP contribution in [0.25, 0.3) is 0 Å². The Kier molecular flexibility index (Phi) is 9.52. The normalized spacial score (nSPS) is 8.33. The fraction of sp³-hybridized carbons (Fsp3) is 0.455. The van der Waals surface area contributed by atoms with E-state index in [1.807, 2.05) is 0 Å². The molecular formula is C11H18O4. The van der Waals surface area contributed by atoms with Crippen LogP contribution in [0.5, 0.6) is 0 Å². The van der Waals surface area contributed by atoms with E-state index in [0.29, 0.717) is 5.57 Å². The van der Waals surface area contributed by atoms with Gasteiger partial charge >= 0.3 is 11.9 Å². The van der Waals surface area contributed by atoms with Gasteiger partial charge in [0.2, 0.25) is 0 Å². The molecule has 0 fully saturated rings. The van der Waals surface area contributed by atoms with Crippen LogP contribution in [-0.4, -0.2) is 25.2 Å². The summed E-state index contributed by atoms with van der Waals surface area (Å²) in [4.78, 5) is 20.5. The molecule has 0 unspecified atom stereocenters. The summed E-state index contributed by atoms with van der Waals surface area (Å²) in [6, 6.07) is 0. The van der Waals surface area contributed by atoms with Crippen molar-refractivity contribution in [2.75, 3.05) is 7.11 Å². The van der Waals surface area contributed by atoms with E-state index in [0.717, 1.165) is 6.08 Å². The third kappa shape index (κ3) is 12.4. The van der Waals surface area contributed by atoms with Crippen LogP contribution in [0.3, 0.4) is 0 Å². The lowest BCUT2D eigenvalue weighted by atomic mass is 10.4. The molecule has 0 radical (unpaired) electrons. The molecule has 0 aliphatic heterocycles. The predicted molar refractivity (Wildman–Crippen MR) is 58.3 cm³/mol. The van der Waals surface area contributed by atoms with E-state index >= 15 is 0 Å². The van der Waals surface area contributed by atoms with Crippen LogP contribution in [0, 0.1) is 0 Å². The monoisotopic (exact) mass is 214 g/mol. The minimum Gasteiger partial charge on any atom is -0.466 e. The van der Waals surface area contributed by atoms with Crippen molar-refractivity contribution < 1.29 is 19.1 Å². The van der Waals surface area contributed by atoms with Crippen LogP contribution in [0.2, 0.25) is 0 Å². The molecule has 0 atom stereocenters. The van der Waals surface area contributed by atoms with Crippen molar-refractivity contribution in [2.24, 2.45) is 0 Å². The van der Waals surface area contributed by atoms with Crippen LogP contribution in [-0.2, 0) is 19.1 Å². The van der Waals surface area contributed by atoms with Gasteiger partial charge in [0, 0.05) is 11.6 Å². The quantitative estimate of drug-likeness (QED) is 0.531. The van der Waals surface area contributed by atoms with E-state index in [2.05, 4.69) is 22.6 Å². The zero-order valence-corrected chi connectivity index (χ0v) is 9.70. The van der Waals surface area contributed by atoms with E-state index in [1.165, 1.54) is 7.11 Å². The molecule has 0 rings (SSSR count). The minimum atomic E-state index is -0.361. The van der Waals surface area contributed by atoms with E-state index in [-0.39, 0.29) is 18.0 Å². The summed E-state index contributed by atoms with van der Waals surface area (Å²) in [7, 11) is 1.33.